The van der Waals surface area contributed by atoms with E-state index in [-0.39, 0.29) is 82.1 Å². The number of aromatic nitrogens is 6. The number of nitro groups is 2. The maximum atomic E-state index is 15.3. The molecular weight excluding hydrogens is 920 g/mol. The van der Waals surface area contributed by atoms with E-state index in [1.54, 1.807) is 16.4 Å². The molecule has 26 heteroatoms. The van der Waals surface area contributed by atoms with Gasteiger partial charge in [-0.1, -0.05) is 12.8 Å². The molecule has 10 rings (SSSR count). The number of pyridine rings is 2. The number of nitrogens with one attached hydrogen (secondary N) is 2. The number of rotatable bonds is 9. The normalized spacial score (nSPS) is 18.0. The third-order valence-electron chi connectivity index (χ3n) is 11.9. The van der Waals surface area contributed by atoms with Gasteiger partial charge in [0.25, 0.3) is 0 Å². The van der Waals surface area contributed by atoms with Crippen LogP contribution in [0, 0.1) is 37.7 Å². The quantitative estimate of drug-likeness (QED) is 0.0975. The zero-order valence-electron chi connectivity index (χ0n) is 36.4. The Labute approximate surface area is 385 Å². The summed E-state index contributed by atoms with van der Waals surface area (Å²) in [6.45, 7) is 4.63. The lowest BCUT2D eigenvalue weighted by atomic mass is 10.1. The minimum atomic E-state index is -1.41. The molecule has 3 aliphatic heterocycles. The number of carboxylic acids is 2. The van der Waals surface area contributed by atoms with E-state index < -0.39 is 61.2 Å². The second kappa shape index (κ2) is 19.0. The van der Waals surface area contributed by atoms with Gasteiger partial charge in [-0.15, -0.1) is 0 Å². The zero-order valence-corrected chi connectivity index (χ0v) is 36.4. The summed E-state index contributed by atoms with van der Waals surface area (Å²) in [4.78, 5) is 84.9. The van der Waals surface area contributed by atoms with Crippen LogP contribution in [-0.4, -0.2) is 99.5 Å². The molecule has 360 valence electrons. The zero-order chi connectivity index (χ0) is 49.4. The Morgan fingerprint density at radius 3 is 1.64 bits per heavy atom. The first-order chi connectivity index (χ1) is 32.9. The van der Waals surface area contributed by atoms with Crippen molar-refractivity contribution >= 4 is 62.7 Å². The average Bonchev–Trinajstić information content (AvgIpc) is 4.01. The highest BCUT2D eigenvalue weighted by atomic mass is 19.2. The Hall–Kier alpha value is -8.45. The predicted molar refractivity (Wildman–Crippen MR) is 238 cm³/mol. The number of carbonyl (C=O) groups is 2. The molecule has 3 atom stereocenters. The van der Waals surface area contributed by atoms with Crippen LogP contribution in [0.3, 0.4) is 0 Å². The lowest BCUT2D eigenvalue weighted by Crippen LogP contribution is -2.30. The van der Waals surface area contributed by atoms with Gasteiger partial charge in [-0.25, -0.2) is 38.3 Å². The third kappa shape index (κ3) is 9.31. The Morgan fingerprint density at radius 1 is 0.710 bits per heavy atom. The molecule has 4 N–H and O–H groups in total. The second-order valence-corrected chi connectivity index (χ2v) is 16.6. The minimum absolute atomic E-state index is 0.0455. The summed E-state index contributed by atoms with van der Waals surface area (Å²) < 4.78 is 56.7. The number of nitrogens with zero attached hydrogens (tertiary/aromatic N) is 9. The van der Waals surface area contributed by atoms with Gasteiger partial charge >= 0.3 is 23.3 Å². The lowest BCUT2D eigenvalue weighted by Gasteiger charge is -2.31. The van der Waals surface area contributed by atoms with E-state index >= 15 is 4.39 Å². The maximum absolute atomic E-state index is 15.3. The van der Waals surface area contributed by atoms with E-state index in [4.69, 9.17) is 14.6 Å². The first-order valence-electron chi connectivity index (χ1n) is 21.3. The molecule has 2 aromatic carbocycles. The van der Waals surface area contributed by atoms with Gasteiger partial charge in [-0.05, 0) is 45.2 Å². The molecule has 0 unspecified atom stereocenters. The van der Waals surface area contributed by atoms with Gasteiger partial charge in [0.2, 0.25) is 28.6 Å². The molecule has 1 saturated carbocycles. The van der Waals surface area contributed by atoms with Crippen molar-refractivity contribution in [1.82, 2.24) is 29.1 Å². The fourth-order valence-corrected chi connectivity index (χ4v) is 8.50. The number of anilines is 3. The monoisotopic (exact) mass is 959 g/mol. The van der Waals surface area contributed by atoms with Crippen LogP contribution in [0.15, 0.2) is 58.9 Å². The van der Waals surface area contributed by atoms with E-state index in [1.165, 1.54) is 36.0 Å². The van der Waals surface area contributed by atoms with Crippen LogP contribution in [0.5, 0.6) is 11.5 Å². The van der Waals surface area contributed by atoms with Crippen LogP contribution < -0.4 is 35.9 Å². The molecule has 1 aliphatic carbocycles. The van der Waals surface area contributed by atoms with Crippen molar-refractivity contribution in [3.05, 3.63) is 119 Å². The predicted octanol–water partition coefficient (Wildman–Crippen LogP) is 5.85. The Morgan fingerprint density at radius 2 is 1.16 bits per heavy atom. The number of halogens is 3. The van der Waals surface area contributed by atoms with E-state index in [9.17, 15) is 53.3 Å². The number of ether oxygens (including phenoxy) is 2. The molecule has 1 saturated heterocycles. The first-order valence-corrected chi connectivity index (χ1v) is 21.3. The summed E-state index contributed by atoms with van der Waals surface area (Å²) in [7, 11) is 0. The van der Waals surface area contributed by atoms with Crippen LogP contribution in [0.2, 0.25) is 0 Å². The molecular formula is C43H40F3N11O12. The number of hydrogen-bond donors (Lipinski definition) is 4. The number of hydrogen-bond acceptors (Lipinski definition) is 17. The number of benzene rings is 2. The summed E-state index contributed by atoms with van der Waals surface area (Å²) in [6.07, 6.45) is 12.4. The Bertz CT molecular complexity index is 3170. The molecule has 0 radical (unpaired) electrons. The molecule has 2 fully saturated rings. The van der Waals surface area contributed by atoms with E-state index in [0.29, 0.717) is 43.1 Å². The van der Waals surface area contributed by atoms with Gasteiger partial charge in [0.05, 0.1) is 43.7 Å². The van der Waals surface area contributed by atoms with Crippen molar-refractivity contribution in [3.8, 4) is 11.5 Å². The summed E-state index contributed by atoms with van der Waals surface area (Å²) >= 11 is 0. The lowest BCUT2D eigenvalue weighted by molar-refractivity contribution is -0.385. The number of aromatic carboxylic acids is 2. The average molecular weight is 960 g/mol. The summed E-state index contributed by atoms with van der Waals surface area (Å²) in [6, 6.07) is 1.49. The van der Waals surface area contributed by atoms with Crippen LogP contribution in [0.4, 0.5) is 42.1 Å². The first kappa shape index (κ1) is 47.1. The molecule has 6 aromatic rings. The van der Waals surface area contributed by atoms with Gasteiger partial charge in [0.1, 0.15) is 54.8 Å². The fraction of sp³-hybridized carbons (Fsp3) is 0.349. The van der Waals surface area contributed by atoms with Crippen LogP contribution in [0.25, 0.3) is 21.8 Å². The number of carboxylic acid groups (broad SMARTS) is 2. The maximum Gasteiger partial charge on any atom is 0.341 e. The third-order valence-corrected chi connectivity index (χ3v) is 11.9. The SMILES string of the molecule is C[C@H]1COc2c(F)c(F)cc3c(=O)c(C(=O)O)cn1c23.C[C@H]1COc2c(N3CC[C@@H](Nc4ncc([N+](=O)[O-])cn4)C3)c(F)cc3c(=O)c(C(=O)O)cn1c23.O=[N+]([O-])c1cnc(NC2CCCC2)nc1. The molecule has 0 amide bonds. The van der Waals surface area contributed by atoms with E-state index in [2.05, 4.69) is 30.6 Å². The van der Waals surface area contributed by atoms with Crippen molar-refractivity contribution in [2.75, 3.05) is 41.8 Å². The molecule has 23 nitrogen and oxygen atoms in total. The van der Waals surface area contributed by atoms with Crippen molar-refractivity contribution in [2.45, 2.75) is 70.1 Å². The largest absolute Gasteiger partial charge is 0.487 e. The van der Waals surface area contributed by atoms with Gasteiger partial charge in [-0.3, -0.25) is 29.8 Å². The summed E-state index contributed by atoms with van der Waals surface area (Å²) in [5, 5.41) is 45.6. The van der Waals surface area contributed by atoms with Crippen LogP contribution in [-0.2, 0) is 0 Å². The van der Waals surface area contributed by atoms with Crippen LogP contribution >= 0.6 is 0 Å². The topological polar surface area (TPSA) is 302 Å². The van der Waals surface area contributed by atoms with Gasteiger partial charge < -0.3 is 44.4 Å². The smallest absolute Gasteiger partial charge is 0.341 e. The fourth-order valence-electron chi connectivity index (χ4n) is 8.50. The Balaban J connectivity index is 0.000000155. The molecule has 4 aliphatic rings. The molecule has 0 bridgehead atoms. The Kier molecular flexibility index (Phi) is 13.0. The van der Waals surface area contributed by atoms with Crippen molar-refractivity contribution in [1.29, 1.82) is 0 Å². The van der Waals surface area contributed by atoms with Crippen molar-refractivity contribution < 1.29 is 52.3 Å². The molecule has 0 spiro atoms. The van der Waals surface area contributed by atoms with Crippen molar-refractivity contribution in [2.24, 2.45) is 0 Å². The highest BCUT2D eigenvalue weighted by molar-refractivity contribution is 5.97. The second-order valence-electron chi connectivity index (χ2n) is 16.6. The summed E-state index contributed by atoms with van der Waals surface area (Å²) in [5.74, 6) is -5.34. The standard InChI is InChI=1S/C21H19FN6O6.C13H9F2NO4.C9H12N4O2/c1-10-9-34-19-16-13(18(29)14(20(30)31)8-27(10)16)4-15(22)17(19)26-3-2-11(7-26)25-21-23-5-12(6-24-21)28(32)33;1-5-4-20-12-9(15)8(14)2-6-10(12)16(5)3-7(11(6)17)13(18)19;14-13(15)8-5-10-9(11-6-8)12-7-3-1-2-4-7/h4-6,8,10-11H,2-3,7,9H2,1H3,(H,30,31)(H,23,24,25);2-3,5H,4H2,1H3,(H,18,19);5-7H,1-4H2,(H,10,11,12)/t10-,11+;5-;/m00./s1. The van der Waals surface area contributed by atoms with E-state index in [0.717, 1.165) is 37.5 Å². The van der Waals surface area contributed by atoms with Crippen LogP contribution in [0.1, 0.15) is 78.8 Å². The molecule has 69 heavy (non-hydrogen) atoms. The van der Waals surface area contributed by atoms with Gasteiger partial charge in [0.15, 0.2) is 23.1 Å². The molecule has 4 aromatic heterocycles. The minimum Gasteiger partial charge on any atom is -0.487 e. The van der Waals surface area contributed by atoms with Gasteiger partial charge in [-0.2, -0.15) is 4.39 Å². The molecule has 7 heterocycles. The highest BCUT2D eigenvalue weighted by Gasteiger charge is 2.34. The van der Waals surface area contributed by atoms with Gasteiger partial charge in [0, 0.05) is 37.6 Å². The summed E-state index contributed by atoms with van der Waals surface area (Å²) in [5.41, 5.74) is -2.19. The van der Waals surface area contributed by atoms with E-state index in [1.807, 2.05) is 6.92 Å². The van der Waals surface area contributed by atoms with Crippen molar-refractivity contribution in [3.63, 3.8) is 0 Å². The highest BCUT2D eigenvalue weighted by Crippen LogP contribution is 2.43.